The van der Waals surface area contributed by atoms with E-state index in [2.05, 4.69) is 12.2 Å². The number of nitrogens with one attached hydrogen (secondary N) is 1. The Bertz CT molecular complexity index is 449. The molecule has 0 atom stereocenters. The third kappa shape index (κ3) is 5.69. The Balaban J connectivity index is 2.32. The lowest BCUT2D eigenvalue weighted by Crippen LogP contribution is -2.29. The first-order valence-electron chi connectivity index (χ1n) is 6.78. The Morgan fingerprint density at radius 2 is 2.05 bits per heavy atom. The van der Waals surface area contributed by atoms with Crippen LogP contribution in [0.2, 0.25) is 0 Å². The Labute approximate surface area is 118 Å². The van der Waals surface area contributed by atoms with Crippen molar-refractivity contribution in [2.75, 3.05) is 13.2 Å². The van der Waals surface area contributed by atoms with Crippen molar-refractivity contribution in [1.29, 1.82) is 0 Å². The van der Waals surface area contributed by atoms with Gasteiger partial charge in [-0.3, -0.25) is 14.9 Å². The summed E-state index contributed by atoms with van der Waals surface area (Å²) in [5.74, 6) is -0.154. The summed E-state index contributed by atoms with van der Waals surface area (Å²) in [5.41, 5.74) is -0.136. The van der Waals surface area contributed by atoms with E-state index < -0.39 is 4.92 Å². The molecule has 0 radical (unpaired) electrons. The zero-order chi connectivity index (χ0) is 14.8. The van der Waals surface area contributed by atoms with Crippen molar-refractivity contribution in [2.45, 2.75) is 32.6 Å². The fraction of sp³-hybridized carbons (Fsp3) is 0.500. The summed E-state index contributed by atoms with van der Waals surface area (Å²) in [5, 5.41) is 13.5. The molecular weight excluding hydrogens is 260 g/mol. The van der Waals surface area contributed by atoms with E-state index in [0.717, 1.165) is 25.7 Å². The van der Waals surface area contributed by atoms with Crippen LogP contribution in [0.1, 0.15) is 32.6 Å². The van der Waals surface area contributed by atoms with Crippen molar-refractivity contribution in [2.24, 2.45) is 0 Å². The van der Waals surface area contributed by atoms with Crippen LogP contribution in [0.25, 0.3) is 0 Å². The van der Waals surface area contributed by atoms with Gasteiger partial charge in [0.2, 0.25) is 0 Å². The first-order chi connectivity index (χ1) is 9.65. The molecule has 110 valence electrons. The molecule has 0 heterocycles. The van der Waals surface area contributed by atoms with Crippen molar-refractivity contribution < 1.29 is 14.5 Å². The van der Waals surface area contributed by atoms with Gasteiger partial charge in [0, 0.05) is 12.6 Å². The van der Waals surface area contributed by atoms with Gasteiger partial charge in [0.15, 0.2) is 12.4 Å². The van der Waals surface area contributed by atoms with Gasteiger partial charge < -0.3 is 10.1 Å². The zero-order valence-corrected chi connectivity index (χ0v) is 11.6. The minimum atomic E-state index is -0.530. The summed E-state index contributed by atoms with van der Waals surface area (Å²) < 4.78 is 5.18. The van der Waals surface area contributed by atoms with Gasteiger partial charge in [-0.2, -0.15) is 0 Å². The van der Waals surface area contributed by atoms with Crippen LogP contribution in [0.5, 0.6) is 5.75 Å². The number of hydrogen-bond acceptors (Lipinski definition) is 4. The van der Waals surface area contributed by atoms with E-state index in [-0.39, 0.29) is 24.0 Å². The van der Waals surface area contributed by atoms with Crippen molar-refractivity contribution in [3.05, 3.63) is 34.4 Å². The maximum Gasteiger partial charge on any atom is 0.310 e. The van der Waals surface area contributed by atoms with Gasteiger partial charge in [0.1, 0.15) is 0 Å². The summed E-state index contributed by atoms with van der Waals surface area (Å²) in [6.07, 6.45) is 4.32. The average molecular weight is 280 g/mol. The SMILES string of the molecule is CCCCCCNC(=O)COc1ccccc1[N+](=O)[O-]. The highest BCUT2D eigenvalue weighted by atomic mass is 16.6. The Kier molecular flexibility index (Phi) is 7.10. The average Bonchev–Trinajstić information content (AvgIpc) is 2.45. The Morgan fingerprint density at radius 3 is 2.75 bits per heavy atom. The molecule has 1 N–H and O–H groups in total. The molecule has 0 aliphatic heterocycles. The normalized spacial score (nSPS) is 10.1. The number of carbonyl (C=O) groups is 1. The number of benzene rings is 1. The van der Waals surface area contributed by atoms with Gasteiger partial charge in [-0.25, -0.2) is 0 Å². The molecule has 0 unspecified atom stereocenters. The Hall–Kier alpha value is -2.11. The standard InChI is InChI=1S/C14H20N2O4/c1-2-3-4-7-10-15-14(17)11-20-13-9-6-5-8-12(13)16(18)19/h5-6,8-9H,2-4,7,10-11H2,1H3,(H,15,17). The molecule has 0 fully saturated rings. The number of rotatable bonds is 9. The number of ether oxygens (including phenoxy) is 1. The highest BCUT2D eigenvalue weighted by Crippen LogP contribution is 2.25. The lowest BCUT2D eigenvalue weighted by Gasteiger charge is -2.07. The molecule has 0 saturated heterocycles. The molecule has 1 rings (SSSR count). The van der Waals surface area contributed by atoms with E-state index in [0.29, 0.717) is 6.54 Å². The lowest BCUT2D eigenvalue weighted by atomic mass is 10.2. The topological polar surface area (TPSA) is 81.5 Å². The molecule has 0 bridgehead atoms. The van der Waals surface area contributed by atoms with Crippen LogP contribution in [0.4, 0.5) is 5.69 Å². The highest BCUT2D eigenvalue weighted by molar-refractivity contribution is 5.77. The monoisotopic (exact) mass is 280 g/mol. The number of hydrogen-bond donors (Lipinski definition) is 1. The number of nitro benzene ring substituents is 1. The largest absolute Gasteiger partial charge is 0.477 e. The molecule has 1 amide bonds. The molecule has 6 heteroatoms. The summed E-state index contributed by atoms with van der Waals surface area (Å²) in [7, 11) is 0. The second-order valence-electron chi connectivity index (χ2n) is 4.42. The smallest absolute Gasteiger partial charge is 0.310 e. The molecule has 0 spiro atoms. The number of amides is 1. The van der Waals surface area contributed by atoms with Crippen molar-refractivity contribution in [1.82, 2.24) is 5.32 Å². The third-order valence-electron chi connectivity index (χ3n) is 2.77. The van der Waals surface area contributed by atoms with E-state index >= 15 is 0 Å². The van der Waals surface area contributed by atoms with Crippen LogP contribution < -0.4 is 10.1 Å². The first kappa shape index (κ1) is 15.9. The van der Waals surface area contributed by atoms with E-state index in [1.54, 1.807) is 12.1 Å². The number of nitro groups is 1. The van der Waals surface area contributed by atoms with Crippen LogP contribution in [0.3, 0.4) is 0 Å². The first-order valence-corrected chi connectivity index (χ1v) is 6.78. The van der Waals surface area contributed by atoms with Gasteiger partial charge in [-0.1, -0.05) is 38.3 Å². The predicted octanol–water partition coefficient (Wildman–Crippen LogP) is 2.67. The van der Waals surface area contributed by atoms with Gasteiger partial charge in [-0.05, 0) is 12.5 Å². The molecule has 0 saturated carbocycles. The number of nitrogens with zero attached hydrogens (tertiary/aromatic N) is 1. The fourth-order valence-corrected chi connectivity index (χ4v) is 1.70. The van der Waals surface area contributed by atoms with Gasteiger partial charge in [0.25, 0.3) is 5.91 Å². The number of unbranched alkanes of at least 4 members (excludes halogenated alkanes) is 3. The number of para-hydroxylation sites is 2. The van der Waals surface area contributed by atoms with E-state index in [4.69, 9.17) is 4.74 Å². The quantitative estimate of drug-likeness (QED) is 0.428. The summed E-state index contributed by atoms with van der Waals surface area (Å²) >= 11 is 0. The molecule has 1 aromatic carbocycles. The maximum atomic E-state index is 11.5. The van der Waals surface area contributed by atoms with Gasteiger partial charge in [-0.15, -0.1) is 0 Å². The Morgan fingerprint density at radius 1 is 1.30 bits per heavy atom. The van der Waals surface area contributed by atoms with Crippen molar-refractivity contribution in [3.63, 3.8) is 0 Å². The third-order valence-corrected chi connectivity index (χ3v) is 2.77. The van der Waals surface area contributed by atoms with Crippen LogP contribution >= 0.6 is 0 Å². The highest BCUT2D eigenvalue weighted by Gasteiger charge is 2.14. The molecule has 6 nitrogen and oxygen atoms in total. The van der Waals surface area contributed by atoms with Crippen LogP contribution in [0.15, 0.2) is 24.3 Å². The minimum absolute atomic E-state index is 0.110. The summed E-state index contributed by atoms with van der Waals surface area (Å²) in [6.45, 7) is 2.52. The number of carbonyl (C=O) groups excluding carboxylic acids is 1. The van der Waals surface area contributed by atoms with Gasteiger partial charge in [0.05, 0.1) is 4.92 Å². The molecular formula is C14H20N2O4. The minimum Gasteiger partial charge on any atom is -0.477 e. The predicted molar refractivity (Wildman–Crippen MR) is 75.7 cm³/mol. The second kappa shape index (κ2) is 8.90. The van der Waals surface area contributed by atoms with Gasteiger partial charge >= 0.3 is 5.69 Å². The lowest BCUT2D eigenvalue weighted by molar-refractivity contribution is -0.385. The molecule has 0 aliphatic rings. The molecule has 1 aromatic rings. The van der Waals surface area contributed by atoms with Crippen molar-refractivity contribution in [3.8, 4) is 5.75 Å². The van der Waals surface area contributed by atoms with Crippen LogP contribution in [-0.4, -0.2) is 24.0 Å². The van der Waals surface area contributed by atoms with Crippen LogP contribution in [0, 0.1) is 10.1 Å². The molecule has 0 aliphatic carbocycles. The van der Waals surface area contributed by atoms with Crippen LogP contribution in [-0.2, 0) is 4.79 Å². The van der Waals surface area contributed by atoms with E-state index in [1.807, 2.05) is 0 Å². The zero-order valence-electron chi connectivity index (χ0n) is 11.6. The summed E-state index contributed by atoms with van der Waals surface area (Å²) in [4.78, 5) is 21.8. The fourth-order valence-electron chi connectivity index (χ4n) is 1.70. The van der Waals surface area contributed by atoms with E-state index in [9.17, 15) is 14.9 Å². The maximum absolute atomic E-state index is 11.5. The molecule has 20 heavy (non-hydrogen) atoms. The summed E-state index contributed by atoms with van der Waals surface area (Å²) in [6, 6.07) is 6.01. The van der Waals surface area contributed by atoms with Crippen molar-refractivity contribution >= 4 is 11.6 Å². The molecule has 0 aromatic heterocycles. The van der Waals surface area contributed by atoms with E-state index in [1.165, 1.54) is 12.1 Å². The second-order valence-corrected chi connectivity index (χ2v) is 4.42.